The second-order valence-electron chi connectivity index (χ2n) is 6.17. The van der Waals surface area contributed by atoms with Crippen molar-refractivity contribution < 1.29 is 14.3 Å². The van der Waals surface area contributed by atoms with Crippen LogP contribution in [-0.4, -0.2) is 33.5 Å². The molecular formula is C20H19Cl3N4O3S. The van der Waals surface area contributed by atoms with Crippen LogP contribution in [0.1, 0.15) is 12.7 Å². The molecule has 0 fully saturated rings. The van der Waals surface area contributed by atoms with E-state index in [0.29, 0.717) is 49.8 Å². The van der Waals surface area contributed by atoms with Gasteiger partial charge in [0.2, 0.25) is 5.91 Å². The molecule has 0 spiro atoms. The van der Waals surface area contributed by atoms with E-state index in [-0.39, 0.29) is 18.3 Å². The molecule has 7 nitrogen and oxygen atoms in total. The van der Waals surface area contributed by atoms with Crippen molar-refractivity contribution in [1.29, 1.82) is 0 Å². The number of benzene rings is 2. The van der Waals surface area contributed by atoms with Gasteiger partial charge in [-0.3, -0.25) is 4.79 Å². The molecule has 1 aromatic heterocycles. The van der Waals surface area contributed by atoms with E-state index in [1.807, 2.05) is 35.8 Å². The third-order valence-electron chi connectivity index (χ3n) is 4.15. The summed E-state index contributed by atoms with van der Waals surface area (Å²) in [6.45, 7) is 2.81. The summed E-state index contributed by atoms with van der Waals surface area (Å²) < 4.78 is 13.0. The van der Waals surface area contributed by atoms with Crippen LogP contribution in [0.2, 0.25) is 15.1 Å². The Morgan fingerprint density at radius 2 is 1.81 bits per heavy atom. The molecule has 0 aliphatic heterocycles. The number of aromatic nitrogens is 3. The summed E-state index contributed by atoms with van der Waals surface area (Å²) in [5, 5.41) is 12.6. The standard InChI is InChI=1S/C20H19Cl3N4O3S/c1-3-27-18(10-30-17-7-5-4-6-16(17)29-2)25-26-20(27)31-11-19(28)24-15-9-13(22)12(21)8-14(15)23/h4-9H,3,10-11H2,1-2H3,(H,24,28). The zero-order valence-electron chi connectivity index (χ0n) is 16.7. The third kappa shape index (κ3) is 5.98. The van der Waals surface area contributed by atoms with Crippen LogP contribution < -0.4 is 14.8 Å². The number of nitrogens with one attached hydrogen (secondary N) is 1. The maximum absolute atomic E-state index is 12.4. The molecule has 0 aliphatic rings. The largest absolute Gasteiger partial charge is 0.493 e. The van der Waals surface area contributed by atoms with Crippen LogP contribution in [0, 0.1) is 0 Å². The molecule has 11 heteroatoms. The molecule has 1 amide bonds. The van der Waals surface area contributed by atoms with Crippen molar-refractivity contribution in [3.05, 3.63) is 57.3 Å². The maximum atomic E-state index is 12.4. The molecule has 0 saturated heterocycles. The molecule has 1 N–H and O–H groups in total. The molecule has 3 aromatic rings. The SMILES string of the molecule is CCn1c(COc2ccccc2OC)nnc1SCC(=O)Nc1cc(Cl)c(Cl)cc1Cl. The van der Waals surface area contributed by atoms with E-state index in [2.05, 4.69) is 15.5 Å². The van der Waals surface area contributed by atoms with Crippen LogP contribution in [0.25, 0.3) is 0 Å². The van der Waals surface area contributed by atoms with Crippen LogP contribution in [0.5, 0.6) is 11.5 Å². The highest BCUT2D eigenvalue weighted by Gasteiger charge is 2.15. The quantitative estimate of drug-likeness (QED) is 0.305. The second-order valence-corrected chi connectivity index (χ2v) is 8.33. The predicted molar refractivity (Wildman–Crippen MR) is 124 cm³/mol. The predicted octanol–water partition coefficient (Wildman–Crippen LogP) is 5.58. The first kappa shape index (κ1) is 23.5. The Morgan fingerprint density at radius 3 is 2.52 bits per heavy atom. The molecular weight excluding hydrogens is 483 g/mol. The van der Waals surface area contributed by atoms with Crippen molar-refractivity contribution in [2.75, 3.05) is 18.2 Å². The first-order valence-electron chi connectivity index (χ1n) is 9.18. The van der Waals surface area contributed by atoms with E-state index in [0.717, 1.165) is 0 Å². The van der Waals surface area contributed by atoms with Gasteiger partial charge in [-0.15, -0.1) is 10.2 Å². The van der Waals surface area contributed by atoms with Crippen molar-refractivity contribution in [3.63, 3.8) is 0 Å². The highest BCUT2D eigenvalue weighted by molar-refractivity contribution is 7.99. The normalized spacial score (nSPS) is 10.7. The van der Waals surface area contributed by atoms with Crippen molar-refractivity contribution in [1.82, 2.24) is 14.8 Å². The zero-order valence-corrected chi connectivity index (χ0v) is 19.8. The molecule has 0 unspecified atom stereocenters. The number of methoxy groups -OCH3 is 1. The minimum atomic E-state index is -0.261. The Kier molecular flexibility index (Phi) is 8.31. The number of hydrogen-bond donors (Lipinski definition) is 1. The van der Waals surface area contributed by atoms with Crippen molar-refractivity contribution >= 4 is 58.2 Å². The molecule has 0 aliphatic carbocycles. The number of carbonyl (C=O) groups excluding carboxylic acids is 1. The average Bonchev–Trinajstić information content (AvgIpc) is 3.16. The summed E-state index contributed by atoms with van der Waals surface area (Å²) >= 11 is 19.3. The van der Waals surface area contributed by atoms with Gasteiger partial charge in [0.1, 0.15) is 6.61 Å². The van der Waals surface area contributed by atoms with Gasteiger partial charge in [0.25, 0.3) is 0 Å². The van der Waals surface area contributed by atoms with Crippen LogP contribution in [0.4, 0.5) is 5.69 Å². The van der Waals surface area contributed by atoms with Crippen LogP contribution in [0.3, 0.4) is 0 Å². The van der Waals surface area contributed by atoms with E-state index in [4.69, 9.17) is 44.3 Å². The second kappa shape index (κ2) is 10.9. The number of ether oxygens (including phenoxy) is 2. The summed E-state index contributed by atoms with van der Waals surface area (Å²) in [6, 6.07) is 10.4. The zero-order chi connectivity index (χ0) is 22.4. The number of anilines is 1. The Hall–Kier alpha value is -2.13. The fourth-order valence-corrected chi connectivity index (χ4v) is 4.08. The molecule has 2 aromatic carbocycles. The lowest BCUT2D eigenvalue weighted by molar-refractivity contribution is -0.113. The van der Waals surface area contributed by atoms with Gasteiger partial charge < -0.3 is 19.4 Å². The summed E-state index contributed by atoms with van der Waals surface area (Å²) in [6.07, 6.45) is 0. The number of amides is 1. The van der Waals surface area contributed by atoms with Crippen LogP contribution in [-0.2, 0) is 17.9 Å². The van der Waals surface area contributed by atoms with Crippen molar-refractivity contribution in [3.8, 4) is 11.5 Å². The number of nitrogens with zero attached hydrogens (tertiary/aromatic N) is 3. The number of halogens is 3. The Bertz CT molecular complexity index is 1080. The molecule has 1 heterocycles. The number of para-hydroxylation sites is 2. The summed E-state index contributed by atoms with van der Waals surface area (Å²) in [4.78, 5) is 12.4. The van der Waals surface area contributed by atoms with E-state index in [1.165, 1.54) is 23.9 Å². The fourth-order valence-electron chi connectivity index (χ4n) is 2.67. The summed E-state index contributed by atoms with van der Waals surface area (Å²) in [7, 11) is 1.59. The lowest BCUT2D eigenvalue weighted by Crippen LogP contribution is -2.15. The smallest absolute Gasteiger partial charge is 0.234 e. The van der Waals surface area contributed by atoms with E-state index in [9.17, 15) is 4.79 Å². The minimum absolute atomic E-state index is 0.113. The Balaban J connectivity index is 1.62. The summed E-state index contributed by atoms with van der Waals surface area (Å²) in [5.41, 5.74) is 0.393. The molecule has 164 valence electrons. The maximum Gasteiger partial charge on any atom is 0.234 e. The molecule has 31 heavy (non-hydrogen) atoms. The van der Waals surface area contributed by atoms with Gasteiger partial charge in [0.05, 0.1) is 33.6 Å². The molecule has 0 atom stereocenters. The monoisotopic (exact) mass is 500 g/mol. The minimum Gasteiger partial charge on any atom is -0.493 e. The molecule has 0 saturated carbocycles. The van der Waals surface area contributed by atoms with Gasteiger partial charge in [0, 0.05) is 6.54 Å². The fraction of sp³-hybridized carbons (Fsp3) is 0.250. The van der Waals surface area contributed by atoms with Crippen molar-refractivity contribution in [2.24, 2.45) is 0 Å². The first-order chi connectivity index (χ1) is 14.9. The van der Waals surface area contributed by atoms with Crippen LogP contribution >= 0.6 is 46.6 Å². The van der Waals surface area contributed by atoms with Gasteiger partial charge in [0.15, 0.2) is 22.5 Å². The third-order valence-corrected chi connectivity index (χ3v) is 6.15. The van der Waals surface area contributed by atoms with Crippen LogP contribution in [0.15, 0.2) is 41.6 Å². The molecule has 3 rings (SSSR count). The van der Waals surface area contributed by atoms with E-state index < -0.39 is 0 Å². The van der Waals surface area contributed by atoms with E-state index >= 15 is 0 Å². The lowest BCUT2D eigenvalue weighted by Gasteiger charge is -2.11. The highest BCUT2D eigenvalue weighted by atomic mass is 35.5. The molecule has 0 radical (unpaired) electrons. The first-order valence-corrected chi connectivity index (χ1v) is 11.3. The number of carbonyl (C=O) groups is 1. The number of thioether (sulfide) groups is 1. The number of hydrogen-bond acceptors (Lipinski definition) is 6. The average molecular weight is 502 g/mol. The Labute approximate surface area is 199 Å². The van der Waals surface area contributed by atoms with Crippen molar-refractivity contribution in [2.45, 2.75) is 25.2 Å². The number of rotatable bonds is 9. The Morgan fingerprint density at radius 1 is 1.10 bits per heavy atom. The van der Waals surface area contributed by atoms with Gasteiger partial charge in [-0.05, 0) is 31.2 Å². The topological polar surface area (TPSA) is 78.3 Å². The summed E-state index contributed by atoms with van der Waals surface area (Å²) in [5.74, 6) is 1.74. The van der Waals surface area contributed by atoms with Gasteiger partial charge >= 0.3 is 0 Å². The lowest BCUT2D eigenvalue weighted by atomic mass is 10.3. The van der Waals surface area contributed by atoms with Gasteiger partial charge in [-0.1, -0.05) is 58.7 Å². The van der Waals surface area contributed by atoms with Gasteiger partial charge in [-0.2, -0.15) is 0 Å². The highest BCUT2D eigenvalue weighted by Crippen LogP contribution is 2.32. The van der Waals surface area contributed by atoms with E-state index in [1.54, 1.807) is 7.11 Å². The van der Waals surface area contributed by atoms with Gasteiger partial charge in [-0.25, -0.2) is 0 Å². The molecule has 0 bridgehead atoms.